The normalized spacial score (nSPS) is 10.6. The molecule has 0 spiro atoms. The van der Waals surface area contributed by atoms with Gasteiger partial charge in [-0.2, -0.15) is 0 Å². The Morgan fingerprint density at radius 2 is 1.62 bits per heavy atom. The van der Waals surface area contributed by atoms with E-state index in [1.807, 2.05) is 24.3 Å². The van der Waals surface area contributed by atoms with Crippen LogP contribution < -0.4 is 5.32 Å². The van der Waals surface area contributed by atoms with Crippen LogP contribution in [0.15, 0.2) is 52.9 Å². The Morgan fingerprint density at radius 1 is 1.00 bits per heavy atom. The molecule has 0 saturated carbocycles. The molecule has 2 aromatic carbocycles. The van der Waals surface area contributed by atoms with E-state index in [4.69, 9.17) is 23.2 Å². The van der Waals surface area contributed by atoms with Gasteiger partial charge in [0.25, 0.3) is 5.91 Å². The van der Waals surface area contributed by atoms with Gasteiger partial charge in [-0.1, -0.05) is 58.4 Å². The molecule has 0 saturated heterocycles. The Bertz CT molecular complexity index is 835. The van der Waals surface area contributed by atoms with Gasteiger partial charge in [0.15, 0.2) is 4.34 Å². The van der Waals surface area contributed by atoms with Crippen LogP contribution in [0.3, 0.4) is 0 Å². The Labute approximate surface area is 157 Å². The summed E-state index contributed by atoms with van der Waals surface area (Å²) in [6.45, 7) is 0. The van der Waals surface area contributed by atoms with Gasteiger partial charge in [0.2, 0.25) is 5.13 Å². The van der Waals surface area contributed by atoms with Gasteiger partial charge in [-0.3, -0.25) is 10.1 Å². The molecule has 3 aromatic rings. The molecule has 8 heteroatoms. The maximum Gasteiger partial charge on any atom is 0.257 e. The lowest BCUT2D eigenvalue weighted by molar-refractivity contribution is 0.102. The van der Waals surface area contributed by atoms with Crippen molar-refractivity contribution in [3.8, 4) is 0 Å². The van der Waals surface area contributed by atoms with Crippen molar-refractivity contribution >= 4 is 57.3 Å². The van der Waals surface area contributed by atoms with Gasteiger partial charge < -0.3 is 0 Å². The standard InChI is InChI=1S/C16H11Cl2N3OS2/c17-12-5-1-10(2-6-12)9-23-16-21-20-15(24-16)19-14(22)11-3-7-13(18)8-4-11/h1-8H,9H2,(H,19,20,22). The zero-order chi connectivity index (χ0) is 16.9. The SMILES string of the molecule is O=C(Nc1nnc(SCc2ccc(Cl)cc2)s1)c1ccc(Cl)cc1. The number of thioether (sulfide) groups is 1. The molecular weight excluding hydrogens is 385 g/mol. The molecule has 0 aliphatic heterocycles. The minimum absolute atomic E-state index is 0.239. The van der Waals surface area contributed by atoms with E-state index in [2.05, 4.69) is 15.5 Å². The maximum atomic E-state index is 12.1. The Kier molecular flexibility index (Phi) is 5.73. The third-order valence-corrected chi connectivity index (χ3v) is 5.56. The first kappa shape index (κ1) is 17.2. The van der Waals surface area contributed by atoms with Crippen LogP contribution in [0, 0.1) is 0 Å². The van der Waals surface area contributed by atoms with E-state index in [0.29, 0.717) is 20.7 Å². The summed E-state index contributed by atoms with van der Waals surface area (Å²) in [5.74, 6) is 0.522. The van der Waals surface area contributed by atoms with Gasteiger partial charge in [0.05, 0.1) is 0 Å². The summed E-state index contributed by atoms with van der Waals surface area (Å²) in [6.07, 6.45) is 0. The zero-order valence-electron chi connectivity index (χ0n) is 12.2. The van der Waals surface area contributed by atoms with Gasteiger partial charge in [0, 0.05) is 21.4 Å². The van der Waals surface area contributed by atoms with Crippen molar-refractivity contribution in [3.05, 3.63) is 69.7 Å². The molecule has 4 nitrogen and oxygen atoms in total. The van der Waals surface area contributed by atoms with Crippen molar-refractivity contribution in [2.24, 2.45) is 0 Å². The van der Waals surface area contributed by atoms with Crippen LogP contribution >= 0.6 is 46.3 Å². The third kappa shape index (κ3) is 4.70. The Morgan fingerprint density at radius 3 is 2.29 bits per heavy atom. The average Bonchev–Trinajstić information content (AvgIpc) is 3.02. The van der Waals surface area contributed by atoms with E-state index in [9.17, 15) is 4.79 Å². The first-order valence-corrected chi connectivity index (χ1v) is 9.43. The van der Waals surface area contributed by atoms with E-state index >= 15 is 0 Å². The lowest BCUT2D eigenvalue weighted by Crippen LogP contribution is -2.11. The Balaban J connectivity index is 1.58. The van der Waals surface area contributed by atoms with Crippen molar-refractivity contribution < 1.29 is 4.79 Å². The molecule has 1 N–H and O–H groups in total. The first-order chi connectivity index (χ1) is 11.6. The second kappa shape index (κ2) is 7.98. The molecule has 0 aliphatic carbocycles. The van der Waals surface area contributed by atoms with Crippen LogP contribution in [0.25, 0.3) is 0 Å². The lowest BCUT2D eigenvalue weighted by Gasteiger charge is -2.00. The number of halogens is 2. The first-order valence-electron chi connectivity index (χ1n) is 6.88. The summed E-state index contributed by atoms with van der Waals surface area (Å²) in [5, 5.41) is 12.6. The second-order valence-corrected chi connectivity index (χ2v) is 7.82. The highest BCUT2D eigenvalue weighted by Crippen LogP contribution is 2.28. The van der Waals surface area contributed by atoms with Crippen LogP contribution in [0.1, 0.15) is 15.9 Å². The Hall–Kier alpha value is -1.60. The highest BCUT2D eigenvalue weighted by Gasteiger charge is 2.10. The van der Waals surface area contributed by atoms with Crippen LogP contribution in [-0.2, 0) is 5.75 Å². The van der Waals surface area contributed by atoms with Crippen molar-refractivity contribution in [2.75, 3.05) is 5.32 Å². The number of benzene rings is 2. The summed E-state index contributed by atoms with van der Waals surface area (Å²) in [5.41, 5.74) is 1.66. The smallest absolute Gasteiger partial charge is 0.257 e. The largest absolute Gasteiger partial charge is 0.296 e. The van der Waals surface area contributed by atoms with Crippen LogP contribution in [0.5, 0.6) is 0 Å². The van der Waals surface area contributed by atoms with E-state index in [1.165, 1.54) is 11.3 Å². The summed E-state index contributed by atoms with van der Waals surface area (Å²) in [7, 11) is 0. The number of amides is 1. The van der Waals surface area contributed by atoms with E-state index < -0.39 is 0 Å². The molecule has 0 radical (unpaired) electrons. The number of carbonyl (C=O) groups is 1. The predicted molar refractivity (Wildman–Crippen MR) is 100 cm³/mol. The number of nitrogens with one attached hydrogen (secondary N) is 1. The number of hydrogen-bond donors (Lipinski definition) is 1. The van der Waals surface area contributed by atoms with E-state index in [1.54, 1.807) is 36.0 Å². The van der Waals surface area contributed by atoms with Crippen molar-refractivity contribution in [3.63, 3.8) is 0 Å². The number of nitrogens with zero attached hydrogens (tertiary/aromatic N) is 2. The summed E-state index contributed by atoms with van der Waals surface area (Å²) in [6, 6.07) is 14.3. The molecule has 0 aliphatic rings. The van der Waals surface area contributed by atoms with Crippen molar-refractivity contribution in [1.29, 1.82) is 0 Å². The molecule has 24 heavy (non-hydrogen) atoms. The summed E-state index contributed by atoms with van der Waals surface area (Å²) >= 11 is 14.6. The van der Waals surface area contributed by atoms with E-state index in [0.717, 1.165) is 15.7 Å². The van der Waals surface area contributed by atoms with E-state index in [-0.39, 0.29) is 5.91 Å². The molecule has 122 valence electrons. The molecule has 0 fully saturated rings. The highest BCUT2D eigenvalue weighted by atomic mass is 35.5. The number of anilines is 1. The fraction of sp³-hybridized carbons (Fsp3) is 0.0625. The van der Waals surface area contributed by atoms with Crippen LogP contribution in [-0.4, -0.2) is 16.1 Å². The topological polar surface area (TPSA) is 54.9 Å². The predicted octanol–water partition coefficient (Wildman–Crippen LogP) is 5.39. The minimum Gasteiger partial charge on any atom is -0.296 e. The molecule has 3 rings (SSSR count). The van der Waals surface area contributed by atoms with Crippen molar-refractivity contribution in [1.82, 2.24) is 10.2 Å². The maximum absolute atomic E-state index is 12.1. The molecule has 0 atom stereocenters. The lowest BCUT2D eigenvalue weighted by atomic mass is 10.2. The molecule has 1 heterocycles. The number of aromatic nitrogens is 2. The fourth-order valence-electron chi connectivity index (χ4n) is 1.81. The minimum atomic E-state index is -0.239. The zero-order valence-corrected chi connectivity index (χ0v) is 15.3. The second-order valence-electron chi connectivity index (χ2n) is 4.75. The highest BCUT2D eigenvalue weighted by molar-refractivity contribution is 8.00. The van der Waals surface area contributed by atoms with Gasteiger partial charge in [-0.05, 0) is 42.0 Å². The molecule has 1 aromatic heterocycles. The quantitative estimate of drug-likeness (QED) is 0.464. The molecule has 0 unspecified atom stereocenters. The van der Waals surface area contributed by atoms with Gasteiger partial charge in [0.1, 0.15) is 0 Å². The fourth-order valence-corrected chi connectivity index (χ4v) is 3.77. The summed E-state index contributed by atoms with van der Waals surface area (Å²) in [4.78, 5) is 12.1. The average molecular weight is 396 g/mol. The van der Waals surface area contributed by atoms with Crippen molar-refractivity contribution in [2.45, 2.75) is 10.1 Å². The van der Waals surface area contributed by atoms with Gasteiger partial charge in [-0.15, -0.1) is 10.2 Å². The van der Waals surface area contributed by atoms with Gasteiger partial charge >= 0.3 is 0 Å². The number of rotatable bonds is 5. The van der Waals surface area contributed by atoms with Crippen LogP contribution in [0.2, 0.25) is 10.0 Å². The molecule has 1 amide bonds. The van der Waals surface area contributed by atoms with Crippen LogP contribution in [0.4, 0.5) is 5.13 Å². The number of hydrogen-bond acceptors (Lipinski definition) is 5. The monoisotopic (exact) mass is 395 g/mol. The molecular formula is C16H11Cl2N3OS2. The summed E-state index contributed by atoms with van der Waals surface area (Å²) < 4.78 is 0.788. The third-order valence-electron chi connectivity index (χ3n) is 3.01. The number of carbonyl (C=O) groups excluding carboxylic acids is 1. The van der Waals surface area contributed by atoms with Gasteiger partial charge in [-0.25, -0.2) is 0 Å². The molecule has 0 bridgehead atoms.